The molecule has 0 spiro atoms. The summed E-state index contributed by atoms with van der Waals surface area (Å²) in [5, 5.41) is 11.3. The second-order valence-corrected chi connectivity index (χ2v) is 7.53. The summed E-state index contributed by atoms with van der Waals surface area (Å²) in [5.41, 5.74) is 8.23. The van der Waals surface area contributed by atoms with Crippen molar-refractivity contribution in [3.8, 4) is 50.3 Å². The van der Waals surface area contributed by atoms with E-state index < -0.39 is 0 Å². The molecule has 0 aliphatic heterocycles. The molecule has 31 heavy (non-hydrogen) atoms. The molecule has 0 saturated heterocycles. The van der Waals surface area contributed by atoms with Crippen LogP contribution >= 0.6 is 0 Å². The molecule has 0 radical (unpaired) electrons. The quantitative estimate of drug-likeness (QED) is 0.324. The van der Waals surface area contributed by atoms with E-state index >= 15 is 0 Å². The van der Waals surface area contributed by atoms with Crippen LogP contribution in [0.1, 0.15) is 0 Å². The van der Waals surface area contributed by atoms with Gasteiger partial charge in [0.05, 0.1) is 0 Å². The molecule has 0 atom stereocenters. The summed E-state index contributed by atoms with van der Waals surface area (Å²) in [4.78, 5) is 0. The predicted molar refractivity (Wildman–Crippen MR) is 130 cm³/mol. The first kappa shape index (κ1) is 18.9. The number of phenolic OH excluding ortho intramolecular Hbond substituents is 1. The van der Waals surface area contributed by atoms with Crippen LogP contribution in [0.3, 0.4) is 0 Å². The summed E-state index contributed by atoms with van der Waals surface area (Å²) in [5.74, 6) is 0.302. The first-order valence-electron chi connectivity index (χ1n) is 10.4. The molecule has 5 rings (SSSR count). The molecule has 0 aliphatic rings. The minimum atomic E-state index is 0.302. The normalized spacial score (nSPS) is 10.7. The summed E-state index contributed by atoms with van der Waals surface area (Å²) in [6, 6.07) is 43.1. The van der Waals surface area contributed by atoms with Crippen LogP contribution in [-0.2, 0) is 0 Å². The molecule has 0 heterocycles. The minimum Gasteiger partial charge on any atom is -0.507 e. The molecule has 0 amide bonds. The molecule has 5 aromatic carbocycles. The highest BCUT2D eigenvalue weighted by molar-refractivity contribution is 5.97. The predicted octanol–water partition coefficient (Wildman–Crippen LogP) is 8.06. The van der Waals surface area contributed by atoms with Crippen LogP contribution in [0.5, 0.6) is 5.75 Å². The van der Waals surface area contributed by atoms with Crippen LogP contribution in [0.4, 0.5) is 0 Å². The summed E-state index contributed by atoms with van der Waals surface area (Å²) < 4.78 is 0. The molecule has 0 aromatic heterocycles. The molecule has 1 heteroatoms. The lowest BCUT2D eigenvalue weighted by Gasteiger charge is -2.18. The number of hydrogen-bond donors (Lipinski definition) is 1. The maximum Gasteiger partial charge on any atom is 0.131 e. The van der Waals surface area contributed by atoms with E-state index in [9.17, 15) is 5.11 Å². The maximum absolute atomic E-state index is 11.3. The molecule has 0 saturated carbocycles. The van der Waals surface area contributed by atoms with Crippen molar-refractivity contribution < 1.29 is 5.11 Å². The van der Waals surface area contributed by atoms with Crippen molar-refractivity contribution in [3.05, 3.63) is 127 Å². The second kappa shape index (κ2) is 8.33. The van der Waals surface area contributed by atoms with Crippen LogP contribution in [0.25, 0.3) is 44.5 Å². The van der Waals surface area contributed by atoms with Crippen molar-refractivity contribution in [2.75, 3.05) is 0 Å². The number of rotatable bonds is 4. The minimum absolute atomic E-state index is 0.302. The van der Waals surface area contributed by atoms with E-state index in [2.05, 4.69) is 66.7 Å². The summed E-state index contributed by atoms with van der Waals surface area (Å²) >= 11 is 0. The third kappa shape index (κ3) is 3.62. The van der Waals surface area contributed by atoms with Crippen molar-refractivity contribution in [2.45, 2.75) is 0 Å². The number of hydrogen-bond acceptors (Lipinski definition) is 1. The van der Waals surface area contributed by atoms with Crippen LogP contribution in [0.2, 0.25) is 0 Å². The molecule has 0 unspecified atom stereocenters. The Balaban J connectivity index is 1.78. The van der Waals surface area contributed by atoms with Gasteiger partial charge in [-0.3, -0.25) is 0 Å². The number of phenols is 1. The number of para-hydroxylation sites is 1. The molecule has 0 bridgehead atoms. The Labute approximate surface area is 182 Å². The lowest BCUT2D eigenvalue weighted by molar-refractivity contribution is 0.479. The van der Waals surface area contributed by atoms with Gasteiger partial charge in [-0.25, -0.2) is 0 Å². The Morgan fingerprint density at radius 2 is 0.742 bits per heavy atom. The van der Waals surface area contributed by atoms with Gasteiger partial charge in [0, 0.05) is 11.1 Å². The van der Waals surface area contributed by atoms with Gasteiger partial charge >= 0.3 is 0 Å². The van der Waals surface area contributed by atoms with Gasteiger partial charge in [0.2, 0.25) is 0 Å². The Hall–Kier alpha value is -4.10. The standard InChI is InChI=1S/C30H22O/c31-30-26(23-14-6-2-7-15-23)19-11-21-28(30)27-20-10-18-25(22-12-4-1-5-13-22)29(27)24-16-8-3-9-17-24/h1-21,31H. The van der Waals surface area contributed by atoms with Crippen molar-refractivity contribution >= 4 is 0 Å². The maximum atomic E-state index is 11.3. The van der Waals surface area contributed by atoms with Gasteiger partial charge in [-0.1, -0.05) is 127 Å². The van der Waals surface area contributed by atoms with E-state index in [1.165, 1.54) is 0 Å². The highest BCUT2D eigenvalue weighted by Crippen LogP contribution is 2.45. The average molecular weight is 399 g/mol. The smallest absolute Gasteiger partial charge is 0.131 e. The first-order chi connectivity index (χ1) is 15.3. The SMILES string of the molecule is Oc1c(-c2ccccc2)cccc1-c1cccc(-c2ccccc2)c1-c1ccccc1. The topological polar surface area (TPSA) is 20.2 Å². The monoisotopic (exact) mass is 398 g/mol. The summed E-state index contributed by atoms with van der Waals surface area (Å²) in [7, 11) is 0. The molecule has 0 fully saturated rings. The van der Waals surface area contributed by atoms with Crippen molar-refractivity contribution in [2.24, 2.45) is 0 Å². The molecule has 1 N–H and O–H groups in total. The van der Waals surface area contributed by atoms with E-state index in [1.807, 2.05) is 60.7 Å². The van der Waals surface area contributed by atoms with Gasteiger partial charge in [0.1, 0.15) is 5.75 Å². The summed E-state index contributed by atoms with van der Waals surface area (Å²) in [6.07, 6.45) is 0. The molecular weight excluding hydrogens is 376 g/mol. The average Bonchev–Trinajstić information content (AvgIpc) is 2.85. The van der Waals surface area contributed by atoms with Crippen molar-refractivity contribution in [1.82, 2.24) is 0 Å². The third-order valence-electron chi connectivity index (χ3n) is 5.62. The third-order valence-corrected chi connectivity index (χ3v) is 5.62. The van der Waals surface area contributed by atoms with Crippen LogP contribution in [0.15, 0.2) is 127 Å². The van der Waals surface area contributed by atoms with E-state index in [0.717, 1.165) is 44.5 Å². The molecule has 5 aromatic rings. The highest BCUT2D eigenvalue weighted by Gasteiger charge is 2.17. The molecule has 1 nitrogen and oxygen atoms in total. The lowest BCUT2D eigenvalue weighted by Crippen LogP contribution is -1.91. The Morgan fingerprint density at radius 1 is 0.323 bits per heavy atom. The van der Waals surface area contributed by atoms with Gasteiger partial charge in [0.15, 0.2) is 0 Å². The Kier molecular flexibility index (Phi) is 5.08. The zero-order valence-corrected chi connectivity index (χ0v) is 17.1. The molecule has 148 valence electrons. The van der Waals surface area contributed by atoms with Crippen LogP contribution in [0, 0.1) is 0 Å². The number of benzene rings is 5. The lowest BCUT2D eigenvalue weighted by atomic mass is 9.86. The van der Waals surface area contributed by atoms with Gasteiger partial charge in [-0.05, 0) is 33.4 Å². The Bertz CT molecular complexity index is 1310. The molecular formula is C30H22O. The zero-order chi connectivity index (χ0) is 21.0. The fraction of sp³-hybridized carbons (Fsp3) is 0. The van der Waals surface area contributed by atoms with E-state index in [0.29, 0.717) is 5.75 Å². The first-order valence-corrected chi connectivity index (χ1v) is 10.4. The zero-order valence-electron chi connectivity index (χ0n) is 17.1. The number of aromatic hydroxyl groups is 1. The van der Waals surface area contributed by atoms with Gasteiger partial charge in [-0.15, -0.1) is 0 Å². The van der Waals surface area contributed by atoms with E-state index in [1.54, 1.807) is 0 Å². The fourth-order valence-electron chi connectivity index (χ4n) is 4.16. The fourth-order valence-corrected chi connectivity index (χ4v) is 4.16. The largest absolute Gasteiger partial charge is 0.507 e. The summed E-state index contributed by atoms with van der Waals surface area (Å²) in [6.45, 7) is 0. The van der Waals surface area contributed by atoms with Crippen molar-refractivity contribution in [3.63, 3.8) is 0 Å². The second-order valence-electron chi connectivity index (χ2n) is 7.53. The Morgan fingerprint density at radius 3 is 1.32 bits per heavy atom. The van der Waals surface area contributed by atoms with Crippen LogP contribution in [-0.4, -0.2) is 5.11 Å². The molecule has 0 aliphatic carbocycles. The van der Waals surface area contributed by atoms with Gasteiger partial charge < -0.3 is 5.11 Å². The van der Waals surface area contributed by atoms with Crippen LogP contribution < -0.4 is 0 Å². The van der Waals surface area contributed by atoms with E-state index in [-0.39, 0.29) is 0 Å². The van der Waals surface area contributed by atoms with Gasteiger partial charge in [-0.2, -0.15) is 0 Å². The highest BCUT2D eigenvalue weighted by atomic mass is 16.3. The van der Waals surface area contributed by atoms with Crippen molar-refractivity contribution in [1.29, 1.82) is 0 Å². The van der Waals surface area contributed by atoms with E-state index in [4.69, 9.17) is 0 Å². The van der Waals surface area contributed by atoms with Gasteiger partial charge in [0.25, 0.3) is 0 Å².